The summed E-state index contributed by atoms with van der Waals surface area (Å²) >= 11 is 0. The molecule has 1 aliphatic carbocycles. The lowest BCUT2D eigenvalue weighted by atomic mass is 9.90. The minimum atomic E-state index is -0.910. The van der Waals surface area contributed by atoms with E-state index in [1.54, 1.807) is 23.9 Å². The number of nitrogens with zero attached hydrogens (tertiary/aromatic N) is 4. The van der Waals surface area contributed by atoms with E-state index in [4.69, 9.17) is 15.2 Å². The smallest absolute Gasteiger partial charge is 0.244 e. The number of nitrogens with one attached hydrogen (secondary N) is 1. The standard InChI is InChI=1S/C17H22N6O3.ClH/c1-25-14-5-4-12(19-16(24)17(18)6-8-26-9-7-17)10-13(14)23-15(11-2-3-11)20-21-22-23;/h4-5,10-11H,2-3,6-9,18H2,1H3,(H,19,24);1H. The second-order valence-corrected chi connectivity index (χ2v) is 6.83. The van der Waals surface area contributed by atoms with Gasteiger partial charge in [0.15, 0.2) is 5.82 Å². The Hall–Kier alpha value is -2.23. The summed E-state index contributed by atoms with van der Waals surface area (Å²) in [7, 11) is 1.59. The molecule has 4 rings (SSSR count). The van der Waals surface area contributed by atoms with Crippen molar-refractivity contribution in [2.24, 2.45) is 5.73 Å². The maximum absolute atomic E-state index is 12.7. The van der Waals surface area contributed by atoms with Gasteiger partial charge in [-0.05, 0) is 54.3 Å². The Balaban J connectivity index is 0.00000210. The number of methoxy groups -OCH3 is 1. The van der Waals surface area contributed by atoms with E-state index in [1.165, 1.54) is 0 Å². The molecule has 2 aliphatic rings. The number of nitrogens with two attached hydrogens (primary N) is 1. The Morgan fingerprint density at radius 1 is 1.37 bits per heavy atom. The molecule has 1 saturated carbocycles. The third-order valence-electron chi connectivity index (χ3n) is 4.94. The fraction of sp³-hybridized carbons (Fsp3) is 0.529. The van der Waals surface area contributed by atoms with Crippen molar-refractivity contribution in [3.05, 3.63) is 24.0 Å². The van der Waals surface area contributed by atoms with Gasteiger partial charge in [0.05, 0.1) is 7.11 Å². The van der Waals surface area contributed by atoms with Crippen molar-refractivity contribution in [1.82, 2.24) is 20.2 Å². The third kappa shape index (κ3) is 3.90. The van der Waals surface area contributed by atoms with E-state index >= 15 is 0 Å². The van der Waals surface area contributed by atoms with Gasteiger partial charge in [-0.15, -0.1) is 17.5 Å². The van der Waals surface area contributed by atoms with Crippen LogP contribution in [0.5, 0.6) is 5.75 Å². The molecule has 27 heavy (non-hydrogen) atoms. The molecule has 2 aromatic rings. The summed E-state index contributed by atoms with van der Waals surface area (Å²) < 4.78 is 12.4. The molecule has 0 radical (unpaired) electrons. The number of ether oxygens (including phenoxy) is 2. The number of hydrogen-bond acceptors (Lipinski definition) is 7. The van der Waals surface area contributed by atoms with Crippen LogP contribution in [-0.2, 0) is 9.53 Å². The van der Waals surface area contributed by atoms with Gasteiger partial charge in [-0.1, -0.05) is 0 Å². The zero-order valence-electron chi connectivity index (χ0n) is 15.1. The number of benzene rings is 1. The number of carbonyl (C=O) groups is 1. The van der Waals surface area contributed by atoms with Crippen molar-refractivity contribution in [1.29, 1.82) is 0 Å². The van der Waals surface area contributed by atoms with Crippen LogP contribution in [0.25, 0.3) is 5.69 Å². The van der Waals surface area contributed by atoms with Crippen LogP contribution in [0.1, 0.15) is 37.4 Å². The lowest BCUT2D eigenvalue weighted by Crippen LogP contribution is -2.54. The van der Waals surface area contributed by atoms with Crippen molar-refractivity contribution in [3.63, 3.8) is 0 Å². The molecule has 0 atom stereocenters. The number of anilines is 1. The fourth-order valence-corrected chi connectivity index (χ4v) is 3.11. The number of halogens is 1. The second kappa shape index (κ2) is 7.79. The van der Waals surface area contributed by atoms with Crippen molar-refractivity contribution in [2.75, 3.05) is 25.6 Å². The first kappa shape index (κ1) is 19.5. The van der Waals surface area contributed by atoms with Gasteiger partial charge in [-0.3, -0.25) is 4.79 Å². The lowest BCUT2D eigenvalue weighted by molar-refractivity contribution is -0.124. The third-order valence-corrected chi connectivity index (χ3v) is 4.94. The van der Waals surface area contributed by atoms with E-state index < -0.39 is 5.54 Å². The quantitative estimate of drug-likeness (QED) is 0.787. The summed E-state index contributed by atoms with van der Waals surface area (Å²) in [4.78, 5) is 12.7. The number of amides is 1. The lowest BCUT2D eigenvalue weighted by Gasteiger charge is -2.31. The van der Waals surface area contributed by atoms with Gasteiger partial charge < -0.3 is 20.5 Å². The molecule has 10 heteroatoms. The minimum absolute atomic E-state index is 0. The number of hydrogen-bond donors (Lipinski definition) is 2. The van der Waals surface area contributed by atoms with Gasteiger partial charge in [0.1, 0.15) is 17.0 Å². The molecule has 0 bridgehead atoms. The van der Waals surface area contributed by atoms with Crippen LogP contribution in [-0.4, -0.2) is 52.0 Å². The van der Waals surface area contributed by atoms with Crippen LogP contribution in [0.4, 0.5) is 5.69 Å². The molecule has 1 amide bonds. The number of carbonyl (C=O) groups excluding carboxylic acids is 1. The van der Waals surface area contributed by atoms with Gasteiger partial charge in [0, 0.05) is 24.8 Å². The second-order valence-electron chi connectivity index (χ2n) is 6.83. The highest BCUT2D eigenvalue weighted by atomic mass is 35.5. The molecule has 9 nitrogen and oxygen atoms in total. The van der Waals surface area contributed by atoms with Gasteiger partial charge in [-0.2, -0.15) is 4.68 Å². The normalized spacial score (nSPS) is 18.4. The number of tetrazole rings is 1. The van der Waals surface area contributed by atoms with Crippen LogP contribution in [0.15, 0.2) is 18.2 Å². The molecule has 1 aromatic heterocycles. The molecule has 0 spiro atoms. The predicted molar refractivity (Wildman–Crippen MR) is 101 cm³/mol. The average molecular weight is 395 g/mol. The van der Waals surface area contributed by atoms with E-state index in [1.807, 2.05) is 6.07 Å². The van der Waals surface area contributed by atoms with Crippen LogP contribution in [0.3, 0.4) is 0 Å². The SMILES string of the molecule is COc1ccc(NC(=O)C2(N)CCOCC2)cc1-n1nnnc1C1CC1.Cl. The molecular weight excluding hydrogens is 372 g/mol. The van der Waals surface area contributed by atoms with Crippen molar-refractivity contribution >= 4 is 24.0 Å². The molecule has 1 aromatic carbocycles. The molecule has 1 aliphatic heterocycles. The average Bonchev–Trinajstić information content (AvgIpc) is 3.39. The van der Waals surface area contributed by atoms with E-state index in [2.05, 4.69) is 20.8 Å². The first-order chi connectivity index (χ1) is 12.6. The Kier molecular flexibility index (Phi) is 5.64. The summed E-state index contributed by atoms with van der Waals surface area (Å²) in [6.45, 7) is 0.986. The van der Waals surface area contributed by atoms with Crippen molar-refractivity contribution < 1.29 is 14.3 Å². The predicted octanol–water partition coefficient (Wildman–Crippen LogP) is 1.42. The summed E-state index contributed by atoms with van der Waals surface area (Å²) in [5.74, 6) is 1.61. The number of aromatic nitrogens is 4. The van der Waals surface area contributed by atoms with E-state index in [0.717, 1.165) is 18.7 Å². The monoisotopic (exact) mass is 394 g/mol. The van der Waals surface area contributed by atoms with Crippen LogP contribution in [0.2, 0.25) is 0 Å². The van der Waals surface area contributed by atoms with Crippen molar-refractivity contribution in [3.8, 4) is 11.4 Å². The topological polar surface area (TPSA) is 117 Å². The minimum Gasteiger partial charge on any atom is -0.494 e. The maximum Gasteiger partial charge on any atom is 0.244 e. The van der Waals surface area contributed by atoms with E-state index in [-0.39, 0.29) is 18.3 Å². The highest BCUT2D eigenvalue weighted by molar-refractivity contribution is 5.98. The molecule has 3 N–H and O–H groups in total. The zero-order chi connectivity index (χ0) is 18.1. The summed E-state index contributed by atoms with van der Waals surface area (Å²) in [5.41, 5.74) is 6.66. The molecular formula is C17H23ClN6O3. The highest BCUT2D eigenvalue weighted by Gasteiger charge is 2.36. The zero-order valence-corrected chi connectivity index (χ0v) is 15.9. The fourth-order valence-electron chi connectivity index (χ4n) is 3.11. The summed E-state index contributed by atoms with van der Waals surface area (Å²) in [5, 5.41) is 14.9. The highest BCUT2D eigenvalue weighted by Crippen LogP contribution is 2.40. The van der Waals surface area contributed by atoms with Gasteiger partial charge >= 0.3 is 0 Å². The van der Waals surface area contributed by atoms with Gasteiger partial charge in [0.25, 0.3) is 0 Å². The maximum atomic E-state index is 12.7. The van der Waals surface area contributed by atoms with Gasteiger partial charge in [0.2, 0.25) is 5.91 Å². The first-order valence-electron chi connectivity index (χ1n) is 8.75. The largest absolute Gasteiger partial charge is 0.494 e. The first-order valence-corrected chi connectivity index (χ1v) is 8.75. The van der Waals surface area contributed by atoms with Crippen LogP contribution >= 0.6 is 12.4 Å². The van der Waals surface area contributed by atoms with Crippen LogP contribution < -0.4 is 15.8 Å². The Bertz CT molecular complexity index is 817. The van der Waals surface area contributed by atoms with Crippen molar-refractivity contribution in [2.45, 2.75) is 37.1 Å². The summed E-state index contributed by atoms with van der Waals surface area (Å²) in [6, 6.07) is 5.38. The summed E-state index contributed by atoms with van der Waals surface area (Å²) in [6.07, 6.45) is 3.16. The Labute approximate surface area is 163 Å². The van der Waals surface area contributed by atoms with Crippen LogP contribution in [0, 0.1) is 0 Å². The Morgan fingerprint density at radius 3 is 2.78 bits per heavy atom. The molecule has 2 fully saturated rings. The molecule has 2 heterocycles. The Morgan fingerprint density at radius 2 is 2.11 bits per heavy atom. The molecule has 0 unspecified atom stereocenters. The molecule has 146 valence electrons. The van der Waals surface area contributed by atoms with E-state index in [0.29, 0.717) is 49.1 Å². The number of rotatable bonds is 5. The molecule has 1 saturated heterocycles. The van der Waals surface area contributed by atoms with Gasteiger partial charge in [-0.25, -0.2) is 0 Å². The van der Waals surface area contributed by atoms with E-state index in [9.17, 15) is 4.79 Å².